The Labute approximate surface area is 120 Å². The summed E-state index contributed by atoms with van der Waals surface area (Å²) in [5.74, 6) is 0.625. The lowest BCUT2D eigenvalue weighted by Crippen LogP contribution is -2.31. The minimum atomic E-state index is -3.71. The SMILES string of the molecule is COc1ccc(S(N)(=O)=O)cc1NC1CCCC1(C)C. The predicted molar refractivity (Wildman–Crippen MR) is 79.4 cm³/mol. The Morgan fingerprint density at radius 3 is 2.60 bits per heavy atom. The number of ether oxygens (including phenoxy) is 1. The van der Waals surface area contributed by atoms with E-state index in [1.54, 1.807) is 19.2 Å². The topological polar surface area (TPSA) is 81.4 Å². The lowest BCUT2D eigenvalue weighted by molar-refractivity contribution is 0.348. The molecule has 1 aromatic rings. The molecule has 1 aromatic carbocycles. The van der Waals surface area contributed by atoms with Crippen LogP contribution < -0.4 is 15.2 Å². The number of sulfonamides is 1. The molecule has 1 saturated carbocycles. The van der Waals surface area contributed by atoms with E-state index in [4.69, 9.17) is 9.88 Å². The van der Waals surface area contributed by atoms with Gasteiger partial charge in [-0.2, -0.15) is 0 Å². The molecule has 1 aliphatic carbocycles. The van der Waals surface area contributed by atoms with E-state index in [9.17, 15) is 8.42 Å². The van der Waals surface area contributed by atoms with E-state index in [0.29, 0.717) is 17.5 Å². The van der Waals surface area contributed by atoms with Crippen molar-refractivity contribution in [1.82, 2.24) is 0 Å². The Morgan fingerprint density at radius 2 is 2.10 bits per heavy atom. The maximum Gasteiger partial charge on any atom is 0.238 e. The van der Waals surface area contributed by atoms with Crippen molar-refractivity contribution in [2.24, 2.45) is 10.6 Å². The molecule has 0 heterocycles. The summed E-state index contributed by atoms with van der Waals surface area (Å²) in [6.07, 6.45) is 3.39. The van der Waals surface area contributed by atoms with E-state index in [1.807, 2.05) is 0 Å². The highest BCUT2D eigenvalue weighted by Crippen LogP contribution is 2.40. The molecule has 1 fully saturated rings. The summed E-state index contributed by atoms with van der Waals surface area (Å²) in [7, 11) is -2.14. The molecule has 0 aliphatic heterocycles. The first-order chi connectivity index (χ1) is 9.24. The zero-order valence-corrected chi connectivity index (χ0v) is 13.0. The lowest BCUT2D eigenvalue weighted by atomic mass is 9.87. The van der Waals surface area contributed by atoms with Gasteiger partial charge in [0.05, 0.1) is 17.7 Å². The van der Waals surface area contributed by atoms with E-state index in [2.05, 4.69) is 19.2 Å². The number of methoxy groups -OCH3 is 1. The highest BCUT2D eigenvalue weighted by molar-refractivity contribution is 7.89. The van der Waals surface area contributed by atoms with Gasteiger partial charge in [0, 0.05) is 6.04 Å². The van der Waals surface area contributed by atoms with Crippen LogP contribution in [0.2, 0.25) is 0 Å². The second kappa shape index (κ2) is 5.26. The Bertz CT molecular complexity index is 596. The van der Waals surface area contributed by atoms with Gasteiger partial charge >= 0.3 is 0 Å². The quantitative estimate of drug-likeness (QED) is 0.894. The minimum Gasteiger partial charge on any atom is -0.495 e. The first-order valence-electron chi connectivity index (χ1n) is 6.71. The van der Waals surface area contributed by atoms with Gasteiger partial charge in [0.15, 0.2) is 0 Å². The molecule has 0 bridgehead atoms. The van der Waals surface area contributed by atoms with Crippen LogP contribution in [-0.4, -0.2) is 21.6 Å². The van der Waals surface area contributed by atoms with Crippen molar-refractivity contribution in [1.29, 1.82) is 0 Å². The molecule has 2 rings (SSSR count). The van der Waals surface area contributed by atoms with Gasteiger partial charge in [-0.3, -0.25) is 0 Å². The summed E-state index contributed by atoms with van der Waals surface area (Å²) in [5, 5.41) is 8.60. The third-order valence-electron chi connectivity index (χ3n) is 4.09. The van der Waals surface area contributed by atoms with Gasteiger partial charge in [-0.1, -0.05) is 20.3 Å². The number of hydrogen-bond acceptors (Lipinski definition) is 4. The van der Waals surface area contributed by atoms with Crippen LogP contribution in [0.25, 0.3) is 0 Å². The van der Waals surface area contributed by atoms with Crippen molar-refractivity contribution in [2.75, 3.05) is 12.4 Å². The molecule has 6 heteroatoms. The maximum atomic E-state index is 11.5. The first kappa shape index (κ1) is 15.1. The van der Waals surface area contributed by atoms with E-state index in [1.165, 1.54) is 12.5 Å². The van der Waals surface area contributed by atoms with Gasteiger partial charge in [-0.25, -0.2) is 13.6 Å². The Balaban J connectivity index is 2.34. The maximum absolute atomic E-state index is 11.5. The molecule has 0 amide bonds. The van der Waals surface area contributed by atoms with Gasteiger partial charge in [-0.15, -0.1) is 0 Å². The van der Waals surface area contributed by atoms with Crippen LogP contribution in [0.3, 0.4) is 0 Å². The van der Waals surface area contributed by atoms with Crippen molar-refractivity contribution in [3.8, 4) is 5.75 Å². The summed E-state index contributed by atoms with van der Waals surface area (Å²) in [6.45, 7) is 4.43. The van der Waals surface area contributed by atoms with E-state index in [0.717, 1.165) is 12.8 Å². The standard InChI is InChI=1S/C14H22N2O3S/c1-14(2)8-4-5-13(14)16-11-9-10(20(15,17)18)6-7-12(11)19-3/h6-7,9,13,16H,4-5,8H2,1-3H3,(H2,15,17,18). The van der Waals surface area contributed by atoms with Crippen LogP contribution in [0.4, 0.5) is 5.69 Å². The summed E-state index contributed by atoms with van der Waals surface area (Å²) < 4.78 is 28.2. The monoisotopic (exact) mass is 298 g/mol. The van der Waals surface area contributed by atoms with Crippen molar-refractivity contribution >= 4 is 15.7 Å². The van der Waals surface area contributed by atoms with Crippen molar-refractivity contribution in [3.05, 3.63) is 18.2 Å². The smallest absolute Gasteiger partial charge is 0.238 e. The number of nitrogens with two attached hydrogens (primary N) is 1. The third-order valence-corrected chi connectivity index (χ3v) is 5.00. The van der Waals surface area contributed by atoms with Gasteiger partial charge < -0.3 is 10.1 Å². The molecular formula is C14H22N2O3S. The summed E-state index contributed by atoms with van der Waals surface area (Å²) in [4.78, 5) is 0.0941. The highest BCUT2D eigenvalue weighted by atomic mass is 32.2. The molecular weight excluding hydrogens is 276 g/mol. The molecule has 1 atom stereocenters. The van der Waals surface area contributed by atoms with Gasteiger partial charge in [-0.05, 0) is 36.5 Å². The molecule has 1 unspecified atom stereocenters. The number of hydrogen-bond donors (Lipinski definition) is 2. The number of anilines is 1. The average molecular weight is 298 g/mol. The zero-order chi connectivity index (χ0) is 15.0. The fourth-order valence-electron chi connectivity index (χ4n) is 2.76. The van der Waals surface area contributed by atoms with E-state index in [-0.39, 0.29) is 10.3 Å². The summed E-state index contributed by atoms with van der Waals surface area (Å²) >= 11 is 0. The second-order valence-corrected chi connectivity index (χ2v) is 7.55. The normalized spacial score (nSPS) is 21.7. The molecule has 1 aliphatic rings. The van der Waals surface area contributed by atoms with Crippen LogP contribution in [0.1, 0.15) is 33.1 Å². The van der Waals surface area contributed by atoms with Crippen molar-refractivity contribution in [3.63, 3.8) is 0 Å². The molecule has 112 valence electrons. The van der Waals surface area contributed by atoms with Crippen LogP contribution in [0, 0.1) is 5.41 Å². The molecule has 3 N–H and O–H groups in total. The molecule has 5 nitrogen and oxygen atoms in total. The van der Waals surface area contributed by atoms with Crippen LogP contribution in [0.15, 0.2) is 23.1 Å². The van der Waals surface area contributed by atoms with Gasteiger partial charge in [0.2, 0.25) is 10.0 Å². The fraction of sp³-hybridized carbons (Fsp3) is 0.571. The van der Waals surface area contributed by atoms with Crippen molar-refractivity contribution < 1.29 is 13.2 Å². The Kier molecular flexibility index (Phi) is 3.97. The van der Waals surface area contributed by atoms with Crippen LogP contribution >= 0.6 is 0 Å². The van der Waals surface area contributed by atoms with Crippen molar-refractivity contribution in [2.45, 2.75) is 44.0 Å². The number of primary sulfonamides is 1. The molecule has 0 radical (unpaired) electrons. The zero-order valence-electron chi connectivity index (χ0n) is 12.1. The number of rotatable bonds is 4. The summed E-state index contributed by atoms with van der Waals surface area (Å²) in [5.41, 5.74) is 0.863. The predicted octanol–water partition coefficient (Wildman–Crippen LogP) is 2.33. The minimum absolute atomic E-state index is 0.0941. The summed E-state index contributed by atoms with van der Waals surface area (Å²) in [6, 6.07) is 4.93. The second-order valence-electron chi connectivity index (χ2n) is 5.98. The number of nitrogens with one attached hydrogen (secondary N) is 1. The molecule has 20 heavy (non-hydrogen) atoms. The average Bonchev–Trinajstić information content (AvgIpc) is 2.67. The Morgan fingerprint density at radius 1 is 1.40 bits per heavy atom. The lowest BCUT2D eigenvalue weighted by Gasteiger charge is -2.29. The highest BCUT2D eigenvalue weighted by Gasteiger charge is 2.34. The van der Waals surface area contributed by atoms with Gasteiger partial charge in [0.25, 0.3) is 0 Å². The third kappa shape index (κ3) is 3.07. The van der Waals surface area contributed by atoms with Crippen LogP contribution in [-0.2, 0) is 10.0 Å². The molecule has 0 aromatic heterocycles. The number of benzene rings is 1. The van der Waals surface area contributed by atoms with E-state index < -0.39 is 10.0 Å². The first-order valence-corrected chi connectivity index (χ1v) is 8.26. The van der Waals surface area contributed by atoms with Crippen LogP contribution in [0.5, 0.6) is 5.75 Å². The molecule has 0 saturated heterocycles. The largest absolute Gasteiger partial charge is 0.495 e. The fourth-order valence-corrected chi connectivity index (χ4v) is 3.30. The molecule has 0 spiro atoms. The van der Waals surface area contributed by atoms with E-state index >= 15 is 0 Å². The van der Waals surface area contributed by atoms with Gasteiger partial charge in [0.1, 0.15) is 5.75 Å². The Hall–Kier alpha value is -1.27.